The highest BCUT2D eigenvalue weighted by Crippen LogP contribution is 2.21. The molecule has 2 unspecified atom stereocenters. The van der Waals surface area contributed by atoms with Crippen molar-refractivity contribution in [2.45, 2.75) is 19.0 Å². The van der Waals surface area contributed by atoms with E-state index in [1.165, 1.54) is 0 Å². The third kappa shape index (κ3) is 2.77. The van der Waals surface area contributed by atoms with Crippen LogP contribution in [0, 0.1) is 0 Å². The van der Waals surface area contributed by atoms with Gasteiger partial charge in [0.15, 0.2) is 0 Å². The van der Waals surface area contributed by atoms with Crippen molar-refractivity contribution < 1.29 is 9.84 Å². The third-order valence-corrected chi connectivity index (χ3v) is 3.19. The summed E-state index contributed by atoms with van der Waals surface area (Å²) in [6.07, 6.45) is 0. The Bertz CT molecular complexity index is 351. The maximum atomic E-state index is 9.32. The van der Waals surface area contributed by atoms with Crippen LogP contribution in [-0.4, -0.2) is 37.5 Å². The largest absolute Gasteiger partial charge is 0.394 e. The molecule has 1 aliphatic heterocycles. The first-order valence-corrected chi connectivity index (χ1v) is 6.03. The molecule has 1 heterocycles. The van der Waals surface area contributed by atoms with Crippen LogP contribution >= 0.6 is 0 Å². The number of nitrogens with two attached hydrogens (primary N) is 1. The number of hydrogen-bond acceptors (Lipinski definition) is 4. The molecule has 0 spiro atoms. The van der Waals surface area contributed by atoms with Crippen LogP contribution in [0.3, 0.4) is 0 Å². The van der Waals surface area contributed by atoms with Gasteiger partial charge in [0.05, 0.1) is 25.9 Å². The molecule has 1 fully saturated rings. The molecule has 4 heteroatoms. The second kappa shape index (κ2) is 5.49. The van der Waals surface area contributed by atoms with E-state index < -0.39 is 0 Å². The van der Waals surface area contributed by atoms with E-state index in [1.54, 1.807) is 0 Å². The van der Waals surface area contributed by atoms with Crippen LogP contribution in [0.25, 0.3) is 0 Å². The number of aliphatic hydroxyl groups excluding tert-OH is 1. The molecule has 1 aromatic rings. The number of ether oxygens (including phenoxy) is 1. The second-order valence-corrected chi connectivity index (χ2v) is 4.48. The van der Waals surface area contributed by atoms with E-state index in [1.807, 2.05) is 19.1 Å². The topological polar surface area (TPSA) is 58.7 Å². The first-order chi connectivity index (χ1) is 8.22. The number of nitrogens with zero attached hydrogens (tertiary/aromatic N) is 1. The van der Waals surface area contributed by atoms with E-state index >= 15 is 0 Å². The number of hydrogen-bond donors (Lipinski definition) is 2. The zero-order valence-electron chi connectivity index (χ0n) is 10.2. The van der Waals surface area contributed by atoms with Crippen molar-refractivity contribution in [1.82, 2.24) is 0 Å². The van der Waals surface area contributed by atoms with Gasteiger partial charge in [0.1, 0.15) is 0 Å². The molecule has 3 N–H and O–H groups in total. The Morgan fingerprint density at radius 2 is 2.18 bits per heavy atom. The normalized spacial score (nSPS) is 22.5. The Hall–Kier alpha value is -1.10. The summed E-state index contributed by atoms with van der Waals surface area (Å²) in [7, 11) is 0. The Morgan fingerprint density at radius 3 is 2.76 bits per heavy atom. The van der Waals surface area contributed by atoms with Crippen LogP contribution in [0.4, 0.5) is 5.69 Å². The minimum atomic E-state index is 0.0578. The number of rotatable bonds is 3. The van der Waals surface area contributed by atoms with E-state index in [0.29, 0.717) is 13.2 Å². The van der Waals surface area contributed by atoms with E-state index in [-0.39, 0.29) is 18.7 Å². The minimum Gasteiger partial charge on any atom is -0.394 e. The van der Waals surface area contributed by atoms with E-state index in [4.69, 9.17) is 10.5 Å². The number of anilines is 1. The van der Waals surface area contributed by atoms with Gasteiger partial charge in [0.25, 0.3) is 0 Å². The van der Waals surface area contributed by atoms with E-state index in [9.17, 15) is 5.11 Å². The van der Waals surface area contributed by atoms with Gasteiger partial charge in [-0.25, -0.2) is 0 Å². The number of morpholine rings is 1. The summed E-state index contributed by atoms with van der Waals surface area (Å²) in [5.41, 5.74) is 8.07. The third-order valence-electron chi connectivity index (χ3n) is 3.19. The average Bonchev–Trinajstić information content (AvgIpc) is 2.39. The maximum absolute atomic E-state index is 9.32. The fraction of sp³-hybridized carbons (Fsp3) is 0.538. The SMILES string of the molecule is CC(N)c1ccc(N2CCOCC2CO)cc1. The standard InChI is InChI=1S/C13H20N2O2/c1-10(14)11-2-4-12(5-3-11)15-6-7-17-9-13(15)8-16/h2-5,10,13,16H,6-9,14H2,1H3. The smallest absolute Gasteiger partial charge is 0.0755 e. The summed E-state index contributed by atoms with van der Waals surface area (Å²) < 4.78 is 5.36. The van der Waals surface area contributed by atoms with Crippen molar-refractivity contribution in [3.63, 3.8) is 0 Å². The zero-order chi connectivity index (χ0) is 12.3. The molecule has 2 rings (SSSR count). The summed E-state index contributed by atoms with van der Waals surface area (Å²) in [5, 5.41) is 9.32. The van der Waals surface area contributed by atoms with Gasteiger partial charge in [-0.05, 0) is 24.6 Å². The first-order valence-electron chi connectivity index (χ1n) is 6.03. The molecule has 0 aliphatic carbocycles. The summed E-state index contributed by atoms with van der Waals surface area (Å²) in [5.74, 6) is 0. The molecule has 1 saturated heterocycles. The Kier molecular flexibility index (Phi) is 3.99. The van der Waals surface area contributed by atoms with Crippen molar-refractivity contribution in [3.8, 4) is 0 Å². The van der Waals surface area contributed by atoms with Gasteiger partial charge in [-0.1, -0.05) is 12.1 Å². The lowest BCUT2D eigenvalue weighted by molar-refractivity contribution is 0.0727. The molecule has 0 radical (unpaired) electrons. The fourth-order valence-corrected chi connectivity index (χ4v) is 2.12. The molecule has 94 valence electrons. The lowest BCUT2D eigenvalue weighted by atomic mass is 10.1. The Balaban J connectivity index is 2.15. The van der Waals surface area contributed by atoms with Gasteiger partial charge in [0.2, 0.25) is 0 Å². The quantitative estimate of drug-likeness (QED) is 0.819. The van der Waals surface area contributed by atoms with Crippen LogP contribution in [0.1, 0.15) is 18.5 Å². The Morgan fingerprint density at radius 1 is 1.47 bits per heavy atom. The molecule has 0 bridgehead atoms. The molecule has 0 saturated carbocycles. The van der Waals surface area contributed by atoms with Gasteiger partial charge < -0.3 is 20.5 Å². The molecule has 0 amide bonds. The zero-order valence-corrected chi connectivity index (χ0v) is 10.2. The van der Waals surface area contributed by atoms with E-state index in [0.717, 1.165) is 17.8 Å². The summed E-state index contributed by atoms with van der Waals surface area (Å²) in [4.78, 5) is 2.19. The maximum Gasteiger partial charge on any atom is 0.0755 e. The average molecular weight is 236 g/mol. The molecule has 1 aliphatic rings. The van der Waals surface area contributed by atoms with Gasteiger partial charge in [-0.3, -0.25) is 0 Å². The van der Waals surface area contributed by atoms with Gasteiger partial charge in [-0.2, -0.15) is 0 Å². The van der Waals surface area contributed by atoms with Crippen molar-refractivity contribution in [2.24, 2.45) is 5.73 Å². The predicted octanol–water partition coefficient (Wildman–Crippen LogP) is 0.904. The van der Waals surface area contributed by atoms with Crippen LogP contribution in [0.15, 0.2) is 24.3 Å². The lowest BCUT2D eigenvalue weighted by Gasteiger charge is -2.36. The Labute approximate surface area is 102 Å². The molecule has 1 aromatic carbocycles. The number of benzene rings is 1. The van der Waals surface area contributed by atoms with Crippen LogP contribution in [-0.2, 0) is 4.74 Å². The van der Waals surface area contributed by atoms with Crippen molar-refractivity contribution in [3.05, 3.63) is 29.8 Å². The summed E-state index contributed by atoms with van der Waals surface area (Å²) in [6.45, 7) is 4.22. The fourth-order valence-electron chi connectivity index (χ4n) is 2.12. The highest BCUT2D eigenvalue weighted by molar-refractivity contribution is 5.49. The van der Waals surface area contributed by atoms with Crippen molar-refractivity contribution in [2.75, 3.05) is 31.3 Å². The molecule has 4 nitrogen and oxygen atoms in total. The minimum absolute atomic E-state index is 0.0578. The first kappa shape index (κ1) is 12.4. The van der Waals surface area contributed by atoms with Gasteiger partial charge in [0, 0.05) is 18.3 Å². The van der Waals surface area contributed by atoms with Crippen LogP contribution < -0.4 is 10.6 Å². The van der Waals surface area contributed by atoms with Crippen LogP contribution in [0.2, 0.25) is 0 Å². The molecule has 17 heavy (non-hydrogen) atoms. The highest BCUT2D eigenvalue weighted by Gasteiger charge is 2.22. The highest BCUT2D eigenvalue weighted by atomic mass is 16.5. The van der Waals surface area contributed by atoms with Crippen LogP contribution in [0.5, 0.6) is 0 Å². The number of aliphatic hydroxyl groups is 1. The molecular formula is C13H20N2O2. The molecular weight excluding hydrogens is 216 g/mol. The van der Waals surface area contributed by atoms with Crippen molar-refractivity contribution >= 4 is 5.69 Å². The monoisotopic (exact) mass is 236 g/mol. The van der Waals surface area contributed by atoms with Gasteiger partial charge >= 0.3 is 0 Å². The van der Waals surface area contributed by atoms with Crippen molar-refractivity contribution in [1.29, 1.82) is 0 Å². The summed E-state index contributed by atoms with van der Waals surface area (Å²) >= 11 is 0. The van der Waals surface area contributed by atoms with Gasteiger partial charge in [-0.15, -0.1) is 0 Å². The van der Waals surface area contributed by atoms with E-state index in [2.05, 4.69) is 17.0 Å². The summed E-state index contributed by atoms with van der Waals surface area (Å²) in [6, 6.07) is 8.33. The predicted molar refractivity (Wildman–Crippen MR) is 68.1 cm³/mol. The lowest BCUT2D eigenvalue weighted by Crippen LogP contribution is -2.47. The molecule has 2 atom stereocenters. The second-order valence-electron chi connectivity index (χ2n) is 4.48. The molecule has 0 aromatic heterocycles.